The van der Waals surface area contributed by atoms with E-state index < -0.39 is 5.60 Å². The van der Waals surface area contributed by atoms with Gasteiger partial charge in [0.25, 0.3) is 0 Å². The Bertz CT molecular complexity index is 476. The first-order chi connectivity index (χ1) is 9.35. The molecule has 1 fully saturated rings. The molecule has 0 atom stereocenters. The maximum atomic E-state index is 12.0. The standard InChI is InChI=1S/C16H24N2O2/c1-16(2,3)20-15(19)18(4)11-12-7-5-6-8-14(12)17-13-9-10-13/h5-8,13,17H,9-11H2,1-4H3. The van der Waals surface area contributed by atoms with Crippen molar-refractivity contribution in [1.82, 2.24) is 4.90 Å². The van der Waals surface area contributed by atoms with Crippen molar-refractivity contribution in [2.75, 3.05) is 12.4 Å². The van der Waals surface area contributed by atoms with E-state index in [-0.39, 0.29) is 6.09 Å². The van der Waals surface area contributed by atoms with Crippen LogP contribution in [-0.2, 0) is 11.3 Å². The average molecular weight is 276 g/mol. The van der Waals surface area contributed by atoms with Gasteiger partial charge in [0.05, 0.1) is 6.54 Å². The van der Waals surface area contributed by atoms with Gasteiger partial charge in [0, 0.05) is 18.8 Å². The Hall–Kier alpha value is -1.71. The average Bonchev–Trinajstić information content (AvgIpc) is 3.13. The molecule has 2 rings (SSSR count). The molecule has 0 saturated heterocycles. The Labute approximate surface area is 121 Å². The molecule has 4 heteroatoms. The van der Waals surface area contributed by atoms with Crippen LogP contribution in [0.5, 0.6) is 0 Å². The van der Waals surface area contributed by atoms with E-state index in [2.05, 4.69) is 11.4 Å². The van der Waals surface area contributed by atoms with Crippen molar-refractivity contribution >= 4 is 11.8 Å². The quantitative estimate of drug-likeness (QED) is 0.913. The monoisotopic (exact) mass is 276 g/mol. The second-order valence-corrected chi connectivity index (χ2v) is 6.41. The maximum absolute atomic E-state index is 12.0. The predicted octanol–water partition coefficient (Wildman–Crippen LogP) is 3.63. The molecule has 1 aliphatic rings. The molecule has 0 spiro atoms. The molecule has 0 aliphatic heterocycles. The third kappa shape index (κ3) is 4.44. The molecule has 1 aromatic carbocycles. The predicted molar refractivity (Wildman–Crippen MR) is 80.8 cm³/mol. The number of ether oxygens (including phenoxy) is 1. The third-order valence-corrected chi connectivity index (χ3v) is 3.07. The number of para-hydroxylation sites is 1. The zero-order valence-electron chi connectivity index (χ0n) is 12.8. The summed E-state index contributed by atoms with van der Waals surface area (Å²) in [6.45, 7) is 6.18. The number of benzene rings is 1. The lowest BCUT2D eigenvalue weighted by Crippen LogP contribution is -2.34. The minimum absolute atomic E-state index is 0.293. The van der Waals surface area contributed by atoms with Gasteiger partial charge >= 0.3 is 6.09 Å². The van der Waals surface area contributed by atoms with Crippen molar-refractivity contribution in [1.29, 1.82) is 0 Å². The topological polar surface area (TPSA) is 41.6 Å². The van der Waals surface area contributed by atoms with E-state index in [1.165, 1.54) is 12.8 Å². The normalized spacial score (nSPS) is 14.8. The van der Waals surface area contributed by atoms with E-state index in [1.807, 2.05) is 39.0 Å². The van der Waals surface area contributed by atoms with Gasteiger partial charge in [0.2, 0.25) is 0 Å². The van der Waals surface area contributed by atoms with Crippen LogP contribution in [-0.4, -0.2) is 29.7 Å². The Balaban J connectivity index is 1.99. The fraction of sp³-hybridized carbons (Fsp3) is 0.562. The molecule has 0 heterocycles. The molecule has 1 aliphatic carbocycles. The molecular weight excluding hydrogens is 252 g/mol. The van der Waals surface area contributed by atoms with Crippen LogP contribution in [0.15, 0.2) is 24.3 Å². The Morgan fingerprint density at radius 1 is 1.35 bits per heavy atom. The van der Waals surface area contributed by atoms with Gasteiger partial charge in [-0.2, -0.15) is 0 Å². The van der Waals surface area contributed by atoms with Crippen LogP contribution in [0.4, 0.5) is 10.5 Å². The minimum atomic E-state index is -0.461. The summed E-state index contributed by atoms with van der Waals surface area (Å²) in [5.41, 5.74) is 1.77. The van der Waals surface area contributed by atoms with Gasteiger partial charge in [-0.05, 0) is 45.2 Å². The summed E-state index contributed by atoms with van der Waals surface area (Å²) >= 11 is 0. The second-order valence-electron chi connectivity index (χ2n) is 6.41. The first-order valence-corrected chi connectivity index (χ1v) is 7.14. The SMILES string of the molecule is CN(Cc1ccccc1NC1CC1)C(=O)OC(C)(C)C. The molecule has 1 aromatic rings. The Kier molecular flexibility index (Phi) is 4.21. The number of carbonyl (C=O) groups is 1. The highest BCUT2D eigenvalue weighted by atomic mass is 16.6. The molecule has 110 valence electrons. The smallest absolute Gasteiger partial charge is 0.410 e. The van der Waals surface area contributed by atoms with Crippen LogP contribution in [0, 0.1) is 0 Å². The Morgan fingerprint density at radius 2 is 2.00 bits per heavy atom. The molecule has 20 heavy (non-hydrogen) atoms. The summed E-state index contributed by atoms with van der Waals surface area (Å²) < 4.78 is 5.37. The highest BCUT2D eigenvalue weighted by Gasteiger charge is 2.23. The second kappa shape index (κ2) is 5.73. The number of nitrogens with zero attached hydrogens (tertiary/aromatic N) is 1. The third-order valence-electron chi connectivity index (χ3n) is 3.07. The fourth-order valence-corrected chi connectivity index (χ4v) is 1.91. The van der Waals surface area contributed by atoms with E-state index in [0.717, 1.165) is 11.3 Å². The molecule has 1 N–H and O–H groups in total. The van der Waals surface area contributed by atoms with Crippen LogP contribution >= 0.6 is 0 Å². The number of rotatable bonds is 4. The molecule has 4 nitrogen and oxygen atoms in total. The van der Waals surface area contributed by atoms with Crippen molar-refractivity contribution in [3.63, 3.8) is 0 Å². The molecule has 0 bridgehead atoms. The van der Waals surface area contributed by atoms with Gasteiger partial charge in [0.1, 0.15) is 5.60 Å². The van der Waals surface area contributed by atoms with Crippen LogP contribution in [0.2, 0.25) is 0 Å². The number of nitrogens with one attached hydrogen (secondary N) is 1. The van der Waals surface area contributed by atoms with Crippen molar-refractivity contribution in [3.8, 4) is 0 Å². The van der Waals surface area contributed by atoms with E-state index in [9.17, 15) is 4.79 Å². The summed E-state index contributed by atoms with van der Waals surface area (Å²) in [4.78, 5) is 13.6. The summed E-state index contributed by atoms with van der Waals surface area (Å²) in [5.74, 6) is 0. The highest BCUT2D eigenvalue weighted by Crippen LogP contribution is 2.27. The Morgan fingerprint density at radius 3 is 2.60 bits per heavy atom. The molecular formula is C16H24N2O2. The van der Waals surface area contributed by atoms with Crippen LogP contribution < -0.4 is 5.32 Å². The molecule has 0 radical (unpaired) electrons. The van der Waals surface area contributed by atoms with Crippen molar-refractivity contribution in [2.24, 2.45) is 0 Å². The highest BCUT2D eigenvalue weighted by molar-refractivity contribution is 5.68. The lowest BCUT2D eigenvalue weighted by molar-refractivity contribution is 0.0285. The zero-order valence-corrected chi connectivity index (χ0v) is 12.8. The first kappa shape index (κ1) is 14.7. The maximum Gasteiger partial charge on any atom is 0.410 e. The van der Waals surface area contributed by atoms with Crippen LogP contribution in [0.25, 0.3) is 0 Å². The van der Waals surface area contributed by atoms with Gasteiger partial charge < -0.3 is 15.0 Å². The van der Waals surface area contributed by atoms with Gasteiger partial charge in [-0.3, -0.25) is 0 Å². The van der Waals surface area contributed by atoms with E-state index in [1.54, 1.807) is 11.9 Å². The number of hydrogen-bond acceptors (Lipinski definition) is 3. The zero-order chi connectivity index (χ0) is 14.8. The van der Waals surface area contributed by atoms with Crippen LogP contribution in [0.3, 0.4) is 0 Å². The number of carbonyl (C=O) groups excluding carboxylic acids is 1. The summed E-state index contributed by atoms with van der Waals surface area (Å²) in [6, 6.07) is 8.73. The first-order valence-electron chi connectivity index (χ1n) is 7.14. The largest absolute Gasteiger partial charge is 0.444 e. The van der Waals surface area contributed by atoms with Gasteiger partial charge in [-0.15, -0.1) is 0 Å². The van der Waals surface area contributed by atoms with Gasteiger partial charge in [0.15, 0.2) is 0 Å². The summed E-state index contributed by atoms with van der Waals surface area (Å²) in [5, 5.41) is 3.50. The number of hydrogen-bond donors (Lipinski definition) is 1. The van der Waals surface area contributed by atoms with Crippen molar-refractivity contribution in [2.45, 2.75) is 51.8 Å². The van der Waals surface area contributed by atoms with Gasteiger partial charge in [-0.25, -0.2) is 4.79 Å². The summed E-state index contributed by atoms with van der Waals surface area (Å²) in [7, 11) is 1.77. The number of amides is 1. The molecule has 1 saturated carbocycles. The number of anilines is 1. The van der Waals surface area contributed by atoms with Crippen LogP contribution in [0.1, 0.15) is 39.2 Å². The van der Waals surface area contributed by atoms with E-state index in [0.29, 0.717) is 12.6 Å². The molecule has 0 aromatic heterocycles. The van der Waals surface area contributed by atoms with E-state index in [4.69, 9.17) is 4.74 Å². The molecule has 0 unspecified atom stereocenters. The molecule has 1 amide bonds. The minimum Gasteiger partial charge on any atom is -0.444 e. The van der Waals surface area contributed by atoms with Crippen molar-refractivity contribution < 1.29 is 9.53 Å². The van der Waals surface area contributed by atoms with Crippen molar-refractivity contribution in [3.05, 3.63) is 29.8 Å². The fourth-order valence-electron chi connectivity index (χ4n) is 1.91. The van der Waals surface area contributed by atoms with Gasteiger partial charge in [-0.1, -0.05) is 18.2 Å². The summed E-state index contributed by atoms with van der Waals surface area (Å²) in [6.07, 6.45) is 2.17. The van der Waals surface area contributed by atoms with E-state index >= 15 is 0 Å². The lowest BCUT2D eigenvalue weighted by Gasteiger charge is -2.25. The lowest BCUT2D eigenvalue weighted by atomic mass is 10.1.